The van der Waals surface area contributed by atoms with Gasteiger partial charge in [-0.15, -0.1) is 0 Å². The van der Waals surface area contributed by atoms with Gasteiger partial charge in [0.2, 0.25) is 0 Å². The number of hydrogen-bond acceptors (Lipinski definition) is 2. The lowest BCUT2D eigenvalue weighted by Gasteiger charge is -1.99. The quantitative estimate of drug-likeness (QED) is 0.355. The number of carboxylic acid groups (broad SMARTS) is 1. The van der Waals surface area contributed by atoms with Crippen molar-refractivity contribution in [3.8, 4) is 11.8 Å². The van der Waals surface area contributed by atoms with Gasteiger partial charge in [0.1, 0.15) is 0 Å². The maximum absolute atomic E-state index is 10.7. The first-order valence-corrected chi connectivity index (χ1v) is 4.49. The molecule has 0 aliphatic rings. The van der Waals surface area contributed by atoms with Crippen molar-refractivity contribution >= 4 is 5.97 Å². The Kier molecular flexibility index (Phi) is 3.96. The molecule has 1 rings (SSSR count). The van der Waals surface area contributed by atoms with Crippen molar-refractivity contribution in [2.24, 2.45) is 5.11 Å². The van der Waals surface area contributed by atoms with Crippen LogP contribution in [-0.4, -0.2) is 17.6 Å². The Morgan fingerprint density at radius 3 is 3.00 bits per heavy atom. The van der Waals surface area contributed by atoms with E-state index in [0.717, 1.165) is 5.56 Å². The van der Waals surface area contributed by atoms with E-state index in [-0.39, 0.29) is 12.1 Å². The second kappa shape index (κ2) is 5.44. The first kappa shape index (κ1) is 11.6. The van der Waals surface area contributed by atoms with Crippen LogP contribution in [-0.2, 0) is 0 Å². The predicted molar refractivity (Wildman–Crippen MR) is 59.0 cm³/mol. The lowest BCUT2D eigenvalue weighted by atomic mass is 10.1. The van der Waals surface area contributed by atoms with Crippen LogP contribution in [0.2, 0.25) is 0 Å². The van der Waals surface area contributed by atoms with Gasteiger partial charge in [-0.05, 0) is 30.2 Å². The molecule has 16 heavy (non-hydrogen) atoms. The average molecular weight is 215 g/mol. The molecular weight excluding hydrogens is 206 g/mol. The SMILES string of the molecule is Cc1ccc(C(=O)O)cc1C#CCN=[N+]=[N-]. The predicted octanol–water partition coefficient (Wildman–Crippen LogP) is 2.36. The first-order valence-electron chi connectivity index (χ1n) is 4.49. The Morgan fingerprint density at radius 1 is 1.62 bits per heavy atom. The summed E-state index contributed by atoms with van der Waals surface area (Å²) in [5.41, 5.74) is 9.76. The molecule has 0 aliphatic heterocycles. The molecule has 0 aromatic heterocycles. The molecule has 0 spiro atoms. The molecule has 0 radical (unpaired) electrons. The van der Waals surface area contributed by atoms with Crippen molar-refractivity contribution in [3.63, 3.8) is 0 Å². The number of carbonyl (C=O) groups is 1. The van der Waals surface area contributed by atoms with E-state index in [2.05, 4.69) is 21.9 Å². The second-order valence-electron chi connectivity index (χ2n) is 3.03. The fourth-order valence-corrected chi connectivity index (χ4v) is 1.09. The van der Waals surface area contributed by atoms with Crippen LogP contribution in [0.3, 0.4) is 0 Å². The van der Waals surface area contributed by atoms with Crippen LogP contribution in [0, 0.1) is 18.8 Å². The summed E-state index contributed by atoms with van der Waals surface area (Å²) in [6, 6.07) is 4.72. The average Bonchev–Trinajstić information content (AvgIpc) is 2.26. The van der Waals surface area contributed by atoms with E-state index in [0.29, 0.717) is 5.56 Å². The molecule has 1 aromatic carbocycles. The van der Waals surface area contributed by atoms with Gasteiger partial charge in [-0.25, -0.2) is 4.79 Å². The van der Waals surface area contributed by atoms with Gasteiger partial charge in [0, 0.05) is 10.5 Å². The van der Waals surface area contributed by atoms with Gasteiger partial charge in [0.05, 0.1) is 12.1 Å². The molecule has 0 bridgehead atoms. The largest absolute Gasteiger partial charge is 0.478 e. The molecule has 0 aliphatic carbocycles. The number of hydrogen-bond donors (Lipinski definition) is 1. The van der Waals surface area contributed by atoms with Crippen LogP contribution in [0.25, 0.3) is 10.4 Å². The lowest BCUT2D eigenvalue weighted by molar-refractivity contribution is 0.0697. The van der Waals surface area contributed by atoms with E-state index >= 15 is 0 Å². The zero-order valence-electron chi connectivity index (χ0n) is 8.64. The van der Waals surface area contributed by atoms with Crippen molar-refractivity contribution in [1.82, 2.24) is 0 Å². The smallest absolute Gasteiger partial charge is 0.335 e. The maximum atomic E-state index is 10.7. The standard InChI is InChI=1S/C11H9N3O2/c1-8-4-5-10(11(15)16)7-9(8)3-2-6-13-14-12/h4-5,7H,6H2,1H3,(H,15,16). The Balaban J connectivity index is 3.01. The summed E-state index contributed by atoms with van der Waals surface area (Å²) < 4.78 is 0. The van der Waals surface area contributed by atoms with Crippen LogP contribution >= 0.6 is 0 Å². The Labute approximate surface area is 92.3 Å². The zero-order chi connectivity index (χ0) is 12.0. The van der Waals surface area contributed by atoms with E-state index < -0.39 is 5.97 Å². The summed E-state index contributed by atoms with van der Waals surface area (Å²) in [7, 11) is 0. The molecule has 1 N–H and O–H groups in total. The van der Waals surface area contributed by atoms with Gasteiger partial charge in [-0.3, -0.25) is 0 Å². The molecule has 1 aromatic rings. The number of nitrogens with zero attached hydrogens (tertiary/aromatic N) is 3. The maximum Gasteiger partial charge on any atom is 0.335 e. The number of aryl methyl sites for hydroxylation is 1. The minimum atomic E-state index is -0.988. The van der Waals surface area contributed by atoms with Crippen LogP contribution in [0.15, 0.2) is 23.3 Å². The van der Waals surface area contributed by atoms with E-state index in [1.165, 1.54) is 12.1 Å². The summed E-state index contributed by atoms with van der Waals surface area (Å²) in [4.78, 5) is 13.3. The summed E-state index contributed by atoms with van der Waals surface area (Å²) >= 11 is 0. The zero-order valence-corrected chi connectivity index (χ0v) is 8.64. The molecule has 0 saturated heterocycles. The number of benzene rings is 1. The summed E-state index contributed by atoms with van der Waals surface area (Å²) in [6.07, 6.45) is 0. The highest BCUT2D eigenvalue weighted by molar-refractivity contribution is 5.88. The van der Waals surface area contributed by atoms with E-state index in [1.807, 2.05) is 6.92 Å². The summed E-state index contributed by atoms with van der Waals surface area (Å²) in [5, 5.41) is 12.1. The number of carboxylic acids is 1. The molecule has 5 nitrogen and oxygen atoms in total. The van der Waals surface area contributed by atoms with Crippen LogP contribution in [0.5, 0.6) is 0 Å². The molecule has 0 amide bonds. The minimum Gasteiger partial charge on any atom is -0.478 e. The van der Waals surface area contributed by atoms with Crippen LogP contribution in [0.1, 0.15) is 21.5 Å². The van der Waals surface area contributed by atoms with Gasteiger partial charge >= 0.3 is 5.97 Å². The van der Waals surface area contributed by atoms with Crippen molar-refractivity contribution in [3.05, 3.63) is 45.3 Å². The fraction of sp³-hybridized carbons (Fsp3) is 0.182. The van der Waals surface area contributed by atoms with Gasteiger partial charge < -0.3 is 5.11 Å². The minimum absolute atomic E-state index is 0.0766. The number of rotatable bonds is 2. The molecule has 5 heteroatoms. The third kappa shape index (κ3) is 3.05. The third-order valence-electron chi connectivity index (χ3n) is 1.92. The van der Waals surface area contributed by atoms with Crippen molar-refractivity contribution in [2.45, 2.75) is 6.92 Å². The topological polar surface area (TPSA) is 86.1 Å². The van der Waals surface area contributed by atoms with Crippen LogP contribution in [0.4, 0.5) is 0 Å². The molecule has 80 valence electrons. The van der Waals surface area contributed by atoms with E-state index in [1.54, 1.807) is 6.07 Å². The first-order chi connectivity index (χ1) is 7.65. The lowest BCUT2D eigenvalue weighted by Crippen LogP contribution is -1.97. The molecule has 0 unspecified atom stereocenters. The molecule has 0 atom stereocenters. The highest BCUT2D eigenvalue weighted by Crippen LogP contribution is 2.09. The Morgan fingerprint density at radius 2 is 2.38 bits per heavy atom. The highest BCUT2D eigenvalue weighted by atomic mass is 16.4. The second-order valence-corrected chi connectivity index (χ2v) is 3.03. The van der Waals surface area contributed by atoms with E-state index in [4.69, 9.17) is 10.6 Å². The fourth-order valence-electron chi connectivity index (χ4n) is 1.09. The van der Waals surface area contributed by atoms with Crippen molar-refractivity contribution < 1.29 is 9.90 Å². The Bertz CT molecular complexity index is 520. The van der Waals surface area contributed by atoms with E-state index in [9.17, 15) is 4.79 Å². The molecule has 0 heterocycles. The number of azide groups is 1. The summed E-state index contributed by atoms with van der Waals surface area (Å²) in [5.74, 6) is 4.42. The van der Waals surface area contributed by atoms with Gasteiger partial charge in [0.15, 0.2) is 0 Å². The normalized spacial score (nSPS) is 8.56. The van der Waals surface area contributed by atoms with Gasteiger partial charge in [0.25, 0.3) is 0 Å². The monoisotopic (exact) mass is 215 g/mol. The number of aromatic carboxylic acids is 1. The van der Waals surface area contributed by atoms with Crippen LogP contribution < -0.4 is 0 Å². The third-order valence-corrected chi connectivity index (χ3v) is 1.92. The van der Waals surface area contributed by atoms with Gasteiger partial charge in [-0.2, -0.15) is 0 Å². The Hall–Kier alpha value is -2.44. The summed E-state index contributed by atoms with van der Waals surface area (Å²) in [6.45, 7) is 1.91. The molecule has 0 fully saturated rings. The molecular formula is C11H9N3O2. The van der Waals surface area contributed by atoms with Crippen molar-refractivity contribution in [1.29, 1.82) is 0 Å². The van der Waals surface area contributed by atoms with Crippen molar-refractivity contribution in [2.75, 3.05) is 6.54 Å². The molecule has 0 saturated carbocycles. The highest BCUT2D eigenvalue weighted by Gasteiger charge is 2.03. The van der Waals surface area contributed by atoms with Gasteiger partial charge in [-0.1, -0.05) is 23.0 Å².